The Balaban J connectivity index is 0.000000143. The van der Waals surface area contributed by atoms with E-state index in [-0.39, 0.29) is 5.41 Å². The van der Waals surface area contributed by atoms with Gasteiger partial charge in [0.25, 0.3) is 0 Å². The summed E-state index contributed by atoms with van der Waals surface area (Å²) in [6.45, 7) is 4.70. The largest absolute Gasteiger partial charge is 0.309 e. The first-order valence-electron chi connectivity index (χ1n) is 29.2. The van der Waals surface area contributed by atoms with E-state index < -0.39 is 0 Å². The smallest absolute Gasteiger partial charge is 0.0541 e. The molecule has 84 heavy (non-hydrogen) atoms. The molecule has 2 heteroatoms. The van der Waals surface area contributed by atoms with E-state index in [1.807, 2.05) is 18.5 Å². The fourth-order valence-corrected chi connectivity index (χ4v) is 14.2. The molecule has 1 aliphatic carbocycles. The Kier molecular flexibility index (Phi) is 11.6. The normalized spacial score (nSPS) is 12.5. The van der Waals surface area contributed by atoms with E-state index in [4.69, 9.17) is 0 Å². The molecule has 0 spiro atoms. The van der Waals surface area contributed by atoms with Crippen molar-refractivity contribution in [2.24, 2.45) is 0 Å². The van der Waals surface area contributed by atoms with Crippen LogP contribution in [0, 0.1) is 0 Å². The average Bonchev–Trinajstić information content (AvgIpc) is 1.59. The topological polar surface area (TPSA) is 17.8 Å². The third-order valence-electron chi connectivity index (χ3n) is 18.0. The van der Waals surface area contributed by atoms with Crippen LogP contribution in [-0.2, 0) is 5.41 Å². The van der Waals surface area contributed by atoms with Gasteiger partial charge in [-0.05, 0) is 163 Å². The summed E-state index contributed by atoms with van der Waals surface area (Å²) < 4.78 is 2.39. The molecule has 394 valence electrons. The number of nitrogens with zero attached hydrogens (tertiary/aromatic N) is 2. The molecule has 0 radical (unpaired) electrons. The van der Waals surface area contributed by atoms with E-state index in [0.717, 1.165) is 5.56 Å². The van der Waals surface area contributed by atoms with Gasteiger partial charge in [0.1, 0.15) is 0 Å². The van der Waals surface area contributed by atoms with E-state index in [1.165, 1.54) is 154 Å². The Bertz CT molecular complexity index is 5090. The van der Waals surface area contributed by atoms with Crippen molar-refractivity contribution in [3.63, 3.8) is 0 Å². The molecule has 0 amide bonds. The van der Waals surface area contributed by atoms with Gasteiger partial charge in [-0.2, -0.15) is 0 Å². The molecule has 0 unspecified atom stereocenters. The SMILES string of the molecule is CC1(C)c2ccccc2-c2cc(-c3c4ccccc4c(-c4ccc(-n5c6ccccc6c6ccccc65)cc4)c4ccccc34)ccc21.c1ccc(-c2ccc(-c3c4ccccc4c(-c4cccnc4)c4ccccc34)c3ccccc23)cc1. The standard InChI is InChI=1S/C47H33N.C35H23N/c1-47(2)41-20-10-7-13-33(41)40-29-31(25-28-42(40)47)46-38-18-5-3-16-36(38)45(37-17-4-6-19-39(37)46)30-23-26-32(27-24-30)48-43-21-11-8-14-34(43)35-15-9-12-22-44(35)48;1-2-11-24(12-3-1)26-20-21-33(28-15-5-4-14-27(26)28)35-31-18-8-6-16-29(31)34(25-13-10-22-36-23-25)30-17-7-9-19-32(30)35/h3-29H,1-2H3;1-23H. The highest BCUT2D eigenvalue weighted by Crippen LogP contribution is 2.52. The number of aromatic nitrogens is 2. The summed E-state index contributed by atoms with van der Waals surface area (Å²) in [5, 5.41) is 15.2. The number of rotatable bonds is 6. The van der Waals surface area contributed by atoms with Crippen LogP contribution in [0.5, 0.6) is 0 Å². The van der Waals surface area contributed by atoms with Gasteiger partial charge in [-0.1, -0.05) is 269 Å². The summed E-state index contributed by atoms with van der Waals surface area (Å²) in [5.41, 5.74) is 21.6. The maximum absolute atomic E-state index is 4.43. The lowest BCUT2D eigenvalue weighted by molar-refractivity contribution is 0.660. The van der Waals surface area contributed by atoms with Gasteiger partial charge in [-0.25, -0.2) is 0 Å². The molecule has 0 aliphatic heterocycles. The van der Waals surface area contributed by atoms with Gasteiger partial charge >= 0.3 is 0 Å². The van der Waals surface area contributed by atoms with Crippen molar-refractivity contribution < 1.29 is 0 Å². The lowest BCUT2D eigenvalue weighted by Crippen LogP contribution is -2.14. The van der Waals surface area contributed by atoms with E-state index in [0.29, 0.717) is 0 Å². The fraction of sp³-hybridized carbons (Fsp3) is 0.0366. The quantitative estimate of drug-likeness (QED) is 0.152. The lowest BCUT2D eigenvalue weighted by Gasteiger charge is -2.22. The molecular weight excluding hydrogens is 1010 g/mol. The zero-order chi connectivity index (χ0) is 55.9. The fourth-order valence-electron chi connectivity index (χ4n) is 14.2. The number of fused-ring (bicyclic) bond motifs is 11. The number of hydrogen-bond acceptors (Lipinski definition) is 1. The Morgan fingerprint density at radius 2 is 0.667 bits per heavy atom. The predicted octanol–water partition coefficient (Wildman–Crippen LogP) is 22.3. The molecule has 17 rings (SSSR count). The predicted molar refractivity (Wildman–Crippen MR) is 357 cm³/mol. The van der Waals surface area contributed by atoms with Gasteiger partial charge in [0.15, 0.2) is 0 Å². The Morgan fingerprint density at radius 3 is 1.21 bits per heavy atom. The van der Waals surface area contributed by atoms with Crippen LogP contribution in [0.1, 0.15) is 25.0 Å². The van der Waals surface area contributed by atoms with Crippen molar-refractivity contribution in [2.45, 2.75) is 19.3 Å². The van der Waals surface area contributed by atoms with Crippen molar-refractivity contribution >= 4 is 75.7 Å². The van der Waals surface area contributed by atoms with E-state index in [2.05, 4.69) is 309 Å². The van der Waals surface area contributed by atoms with E-state index in [9.17, 15) is 0 Å². The summed E-state index contributed by atoms with van der Waals surface area (Å²) in [7, 11) is 0. The molecule has 14 aromatic carbocycles. The van der Waals surface area contributed by atoms with Crippen LogP contribution >= 0.6 is 0 Å². The summed E-state index contributed by atoms with van der Waals surface area (Å²) in [5.74, 6) is 0. The molecule has 2 nitrogen and oxygen atoms in total. The summed E-state index contributed by atoms with van der Waals surface area (Å²) >= 11 is 0. The first-order valence-corrected chi connectivity index (χ1v) is 29.2. The van der Waals surface area contributed by atoms with E-state index in [1.54, 1.807) is 0 Å². The Labute approximate surface area is 488 Å². The van der Waals surface area contributed by atoms with Crippen LogP contribution in [0.4, 0.5) is 0 Å². The number of benzene rings is 14. The maximum Gasteiger partial charge on any atom is 0.0541 e. The molecule has 16 aromatic rings. The van der Waals surface area contributed by atoms with Crippen LogP contribution in [0.15, 0.2) is 304 Å². The number of hydrogen-bond donors (Lipinski definition) is 0. The molecule has 2 aromatic heterocycles. The van der Waals surface area contributed by atoms with Gasteiger partial charge in [-0.3, -0.25) is 4.98 Å². The van der Waals surface area contributed by atoms with Crippen molar-refractivity contribution in [2.75, 3.05) is 0 Å². The molecule has 0 atom stereocenters. The molecular formula is C82H56N2. The van der Waals surface area contributed by atoms with Crippen LogP contribution in [0.25, 0.3) is 148 Å². The Hall–Kier alpha value is -10.7. The minimum atomic E-state index is -0.0101. The molecule has 2 heterocycles. The first kappa shape index (κ1) is 49.2. The minimum absolute atomic E-state index is 0.0101. The highest BCUT2D eigenvalue weighted by atomic mass is 15.0. The molecule has 0 N–H and O–H groups in total. The van der Waals surface area contributed by atoms with Crippen molar-refractivity contribution in [1.82, 2.24) is 9.55 Å². The summed E-state index contributed by atoms with van der Waals surface area (Å²) in [4.78, 5) is 4.43. The molecule has 1 aliphatic rings. The molecule has 0 bridgehead atoms. The van der Waals surface area contributed by atoms with Gasteiger partial charge < -0.3 is 4.57 Å². The van der Waals surface area contributed by atoms with E-state index >= 15 is 0 Å². The molecule has 0 saturated heterocycles. The lowest BCUT2D eigenvalue weighted by atomic mass is 9.81. The second kappa shape index (κ2) is 19.8. The zero-order valence-corrected chi connectivity index (χ0v) is 46.8. The highest BCUT2D eigenvalue weighted by molar-refractivity contribution is 6.25. The third-order valence-corrected chi connectivity index (χ3v) is 18.0. The molecule has 0 fully saturated rings. The number of pyridine rings is 1. The highest BCUT2D eigenvalue weighted by Gasteiger charge is 2.35. The van der Waals surface area contributed by atoms with Crippen LogP contribution < -0.4 is 0 Å². The van der Waals surface area contributed by atoms with Gasteiger partial charge in [-0.15, -0.1) is 0 Å². The monoisotopic (exact) mass is 1070 g/mol. The van der Waals surface area contributed by atoms with Crippen molar-refractivity contribution in [1.29, 1.82) is 0 Å². The van der Waals surface area contributed by atoms with Gasteiger partial charge in [0.05, 0.1) is 11.0 Å². The summed E-state index contributed by atoms with van der Waals surface area (Å²) in [6.07, 6.45) is 3.81. The average molecular weight is 1070 g/mol. The van der Waals surface area contributed by atoms with Crippen LogP contribution in [0.3, 0.4) is 0 Å². The number of para-hydroxylation sites is 2. The Morgan fingerprint density at radius 1 is 0.262 bits per heavy atom. The van der Waals surface area contributed by atoms with Gasteiger partial charge in [0, 0.05) is 39.8 Å². The zero-order valence-electron chi connectivity index (χ0n) is 46.8. The second-order valence-electron chi connectivity index (χ2n) is 22.8. The molecule has 0 saturated carbocycles. The van der Waals surface area contributed by atoms with Gasteiger partial charge in [0.2, 0.25) is 0 Å². The van der Waals surface area contributed by atoms with Crippen molar-refractivity contribution in [3.05, 3.63) is 315 Å². The summed E-state index contributed by atoms with van der Waals surface area (Å²) in [6, 6.07) is 106. The minimum Gasteiger partial charge on any atom is -0.309 e. The maximum atomic E-state index is 4.43. The van der Waals surface area contributed by atoms with Crippen LogP contribution in [-0.4, -0.2) is 9.55 Å². The van der Waals surface area contributed by atoms with Crippen LogP contribution in [0.2, 0.25) is 0 Å². The second-order valence-corrected chi connectivity index (χ2v) is 22.8. The first-order chi connectivity index (χ1) is 41.5. The third kappa shape index (κ3) is 7.75. The van der Waals surface area contributed by atoms with Crippen molar-refractivity contribution in [3.8, 4) is 72.4 Å².